The van der Waals surface area contributed by atoms with Crippen LogP contribution in [-0.2, 0) is 19.2 Å². The Bertz CT molecular complexity index is 1770. The van der Waals surface area contributed by atoms with Crippen LogP contribution in [0.25, 0.3) is 0 Å². The summed E-state index contributed by atoms with van der Waals surface area (Å²) in [6, 6.07) is 4.11. The molecule has 2 heterocycles. The van der Waals surface area contributed by atoms with Crippen LogP contribution in [-0.4, -0.2) is 48.9 Å². The minimum Gasteiger partial charge on any atom is -0.508 e. The zero-order chi connectivity index (χ0) is 33.3. The first kappa shape index (κ1) is 31.5. The summed E-state index contributed by atoms with van der Waals surface area (Å²) in [5.74, 6) is -20.7. The van der Waals surface area contributed by atoms with Gasteiger partial charge in [0.25, 0.3) is 11.8 Å². The molecule has 1 saturated carbocycles. The molecule has 0 bridgehead atoms. The molecule has 0 radical (unpaired) electrons. The van der Waals surface area contributed by atoms with Gasteiger partial charge < -0.3 is 5.11 Å². The number of halogens is 7. The topological polar surface area (TPSA) is 95.0 Å². The Morgan fingerprint density at radius 3 is 2.00 bits per heavy atom. The second kappa shape index (κ2) is 9.75. The summed E-state index contributed by atoms with van der Waals surface area (Å²) in [5.41, 5.74) is -1.89. The van der Waals surface area contributed by atoms with Gasteiger partial charge in [-0.05, 0) is 63.6 Å². The second-order valence-electron chi connectivity index (χ2n) is 12.9. The molecule has 0 aromatic heterocycles. The van der Waals surface area contributed by atoms with Gasteiger partial charge in [0.1, 0.15) is 11.4 Å². The number of hydrogen-bond donors (Lipinski definition) is 1. The molecular formula is C31H25Cl2F5N2O5. The SMILES string of the molecule is Cc1cc([C@H]2C3=CC[C@@H]4C(=O)N(C(C)(C)C)C(=O)[C@@H]4[C@@H]3C[C@@]3(Cl)C(=O)N(c4c(F)c(F)c(F)c(F)c4F)C(=O)[C@@]23Cl)ccc1O. The van der Waals surface area contributed by atoms with E-state index in [1.165, 1.54) is 25.1 Å². The van der Waals surface area contributed by atoms with Crippen molar-refractivity contribution in [3.05, 3.63) is 70.1 Å². The number of imide groups is 2. The maximum absolute atomic E-state index is 15.1. The van der Waals surface area contributed by atoms with Crippen molar-refractivity contribution in [1.29, 1.82) is 0 Å². The molecule has 4 aliphatic rings. The highest BCUT2D eigenvalue weighted by Crippen LogP contribution is 2.66. The minimum atomic E-state index is -2.61. The lowest BCUT2D eigenvalue weighted by molar-refractivity contribution is -0.145. The molecular weight excluding hydrogens is 646 g/mol. The molecule has 3 fully saturated rings. The molecule has 7 nitrogen and oxygen atoms in total. The predicted molar refractivity (Wildman–Crippen MR) is 151 cm³/mol. The molecule has 2 aliphatic carbocycles. The van der Waals surface area contributed by atoms with E-state index in [1.54, 1.807) is 26.8 Å². The number of alkyl halides is 2. The van der Waals surface area contributed by atoms with Crippen molar-refractivity contribution in [1.82, 2.24) is 4.90 Å². The van der Waals surface area contributed by atoms with Crippen LogP contribution in [0.5, 0.6) is 5.75 Å². The minimum absolute atomic E-state index is 0.0486. The van der Waals surface area contributed by atoms with Gasteiger partial charge in [-0.2, -0.15) is 0 Å². The summed E-state index contributed by atoms with van der Waals surface area (Å²) in [6.45, 7) is 6.55. The molecule has 6 atom stereocenters. The first-order valence-electron chi connectivity index (χ1n) is 14.0. The number of likely N-dealkylation sites (tertiary alicyclic amines) is 1. The Hall–Kier alpha value is -3.51. The highest BCUT2D eigenvalue weighted by molar-refractivity contribution is 6.58. The molecule has 2 aromatic rings. The van der Waals surface area contributed by atoms with E-state index in [2.05, 4.69) is 0 Å². The van der Waals surface area contributed by atoms with Crippen LogP contribution in [0.3, 0.4) is 0 Å². The highest BCUT2D eigenvalue weighted by atomic mass is 35.5. The van der Waals surface area contributed by atoms with E-state index in [1.807, 2.05) is 0 Å². The van der Waals surface area contributed by atoms with E-state index in [0.29, 0.717) is 11.1 Å². The summed E-state index contributed by atoms with van der Waals surface area (Å²) in [4.78, 5) is 51.4. The van der Waals surface area contributed by atoms with Gasteiger partial charge >= 0.3 is 0 Å². The summed E-state index contributed by atoms with van der Waals surface area (Å²) >= 11 is 14.1. The van der Waals surface area contributed by atoms with Crippen molar-refractivity contribution in [3.8, 4) is 5.75 Å². The number of allylic oxidation sites excluding steroid dienone is 2. The van der Waals surface area contributed by atoms with Crippen molar-refractivity contribution in [2.24, 2.45) is 17.8 Å². The van der Waals surface area contributed by atoms with E-state index < -0.39 is 104 Å². The van der Waals surface area contributed by atoms with E-state index in [4.69, 9.17) is 23.2 Å². The van der Waals surface area contributed by atoms with E-state index in [-0.39, 0.29) is 22.6 Å². The Labute approximate surface area is 263 Å². The predicted octanol–water partition coefficient (Wildman–Crippen LogP) is 5.76. The Morgan fingerprint density at radius 1 is 0.867 bits per heavy atom. The average Bonchev–Trinajstić information content (AvgIpc) is 3.31. The van der Waals surface area contributed by atoms with Crippen LogP contribution in [0.1, 0.15) is 50.7 Å². The lowest BCUT2D eigenvalue weighted by Gasteiger charge is -2.50. The number of nitrogens with zero attached hydrogens (tertiary/aromatic N) is 2. The zero-order valence-corrected chi connectivity index (χ0v) is 25.7. The molecule has 2 aliphatic heterocycles. The molecule has 6 rings (SSSR count). The molecule has 0 spiro atoms. The van der Waals surface area contributed by atoms with Crippen LogP contribution in [0.4, 0.5) is 27.6 Å². The van der Waals surface area contributed by atoms with Crippen molar-refractivity contribution in [2.45, 2.75) is 61.7 Å². The molecule has 1 N–H and O–H groups in total. The van der Waals surface area contributed by atoms with Crippen LogP contribution < -0.4 is 4.90 Å². The Kier molecular flexibility index (Phi) is 6.82. The van der Waals surface area contributed by atoms with Gasteiger partial charge in [-0.25, -0.2) is 26.9 Å². The summed E-state index contributed by atoms with van der Waals surface area (Å²) in [5, 5.41) is 10.2. The fourth-order valence-corrected chi connectivity index (χ4v) is 8.40. The Balaban J connectivity index is 1.60. The average molecular weight is 671 g/mol. The summed E-state index contributed by atoms with van der Waals surface area (Å²) in [7, 11) is 0. The molecule has 2 aromatic carbocycles. The monoisotopic (exact) mass is 670 g/mol. The van der Waals surface area contributed by atoms with Crippen LogP contribution in [0.15, 0.2) is 29.8 Å². The molecule has 2 saturated heterocycles. The number of anilines is 1. The fraction of sp³-hybridized carbons (Fsp3) is 0.419. The summed E-state index contributed by atoms with van der Waals surface area (Å²) in [6.07, 6.45) is 1.09. The van der Waals surface area contributed by atoms with Crippen LogP contribution >= 0.6 is 23.2 Å². The standard InChI is InChI=1S/C31H25Cl2F5N2O5/c1-11-9-12(5-8-16(11)41)18-13-6-7-14-17(26(43)40(25(14)42)29(2,3)4)15(13)10-30(32)27(44)39(28(45)31(18,30)33)24-22(37)20(35)19(34)21(36)23(24)38/h5-6,8-9,14-15,17-18,41H,7,10H2,1-4H3/t14-,15+,17-,18-,30+,31-/m0/s1. The van der Waals surface area contributed by atoms with Gasteiger partial charge in [0.15, 0.2) is 33.0 Å². The number of amides is 4. The zero-order valence-electron chi connectivity index (χ0n) is 24.2. The lowest BCUT2D eigenvalue weighted by Crippen LogP contribution is -2.60. The third-order valence-corrected chi connectivity index (χ3v) is 10.9. The normalized spacial score (nSPS) is 31.3. The van der Waals surface area contributed by atoms with E-state index in [9.17, 15) is 37.5 Å². The second-order valence-corrected chi connectivity index (χ2v) is 14.2. The number of fused-ring (bicyclic) bond motifs is 4. The van der Waals surface area contributed by atoms with Gasteiger partial charge in [-0.15, -0.1) is 23.2 Å². The number of aryl methyl sites for hydroxylation is 1. The smallest absolute Gasteiger partial charge is 0.258 e. The van der Waals surface area contributed by atoms with Crippen LogP contribution in [0, 0.1) is 53.8 Å². The number of phenolic OH excluding ortho intramolecular Hbond substituents is 1. The van der Waals surface area contributed by atoms with Crippen molar-refractivity contribution in [2.75, 3.05) is 4.90 Å². The first-order valence-corrected chi connectivity index (χ1v) is 14.7. The number of phenols is 1. The molecule has 238 valence electrons. The quantitative estimate of drug-likeness (QED) is 0.110. The number of carbonyl (C=O) groups is 4. The number of aromatic hydroxyl groups is 1. The van der Waals surface area contributed by atoms with Gasteiger partial charge in [0, 0.05) is 11.5 Å². The van der Waals surface area contributed by atoms with Crippen molar-refractivity contribution < 1.29 is 46.2 Å². The third-order valence-electron chi connectivity index (χ3n) is 9.45. The van der Waals surface area contributed by atoms with E-state index in [0.717, 1.165) is 4.90 Å². The van der Waals surface area contributed by atoms with Crippen molar-refractivity contribution >= 4 is 52.5 Å². The van der Waals surface area contributed by atoms with Crippen LogP contribution in [0.2, 0.25) is 0 Å². The Morgan fingerprint density at radius 2 is 1.44 bits per heavy atom. The number of rotatable bonds is 2. The van der Waals surface area contributed by atoms with Gasteiger partial charge in [-0.1, -0.05) is 23.8 Å². The third kappa shape index (κ3) is 3.87. The summed E-state index contributed by atoms with van der Waals surface area (Å²) < 4.78 is 72.7. The maximum Gasteiger partial charge on any atom is 0.258 e. The number of carbonyl (C=O) groups excluding carboxylic acids is 4. The molecule has 14 heteroatoms. The first-order chi connectivity index (χ1) is 20.8. The van der Waals surface area contributed by atoms with Gasteiger partial charge in [-0.3, -0.25) is 24.1 Å². The number of hydrogen-bond acceptors (Lipinski definition) is 5. The largest absolute Gasteiger partial charge is 0.508 e. The fourth-order valence-electron chi connectivity index (χ4n) is 7.46. The highest BCUT2D eigenvalue weighted by Gasteiger charge is 2.77. The number of benzene rings is 2. The lowest BCUT2D eigenvalue weighted by atomic mass is 9.56. The van der Waals surface area contributed by atoms with Gasteiger partial charge in [0.05, 0.1) is 11.8 Å². The molecule has 4 amide bonds. The van der Waals surface area contributed by atoms with E-state index >= 15 is 8.78 Å². The van der Waals surface area contributed by atoms with Crippen molar-refractivity contribution in [3.63, 3.8) is 0 Å². The molecule has 0 unspecified atom stereocenters. The molecule has 45 heavy (non-hydrogen) atoms. The van der Waals surface area contributed by atoms with Gasteiger partial charge in [0.2, 0.25) is 17.6 Å². The maximum atomic E-state index is 15.1.